The van der Waals surface area contributed by atoms with Crippen molar-refractivity contribution in [2.24, 2.45) is 0 Å². The second-order valence-corrected chi connectivity index (χ2v) is 9.80. The van der Waals surface area contributed by atoms with E-state index in [9.17, 15) is 4.79 Å². The number of nitrogens with zero attached hydrogens (tertiary/aromatic N) is 3. The minimum atomic E-state index is -0.201. The summed E-state index contributed by atoms with van der Waals surface area (Å²) in [6.45, 7) is 4.06. The Hall–Kier alpha value is -4.21. The summed E-state index contributed by atoms with van der Waals surface area (Å²) in [5, 5.41) is 7.04. The Labute approximate surface area is 233 Å². The number of amides is 1. The van der Waals surface area contributed by atoms with Crippen molar-refractivity contribution < 1.29 is 14.3 Å². The molecule has 1 fully saturated rings. The molecular weight excluding hydrogens is 510 g/mol. The van der Waals surface area contributed by atoms with Gasteiger partial charge < -0.3 is 29.6 Å². The van der Waals surface area contributed by atoms with Crippen LogP contribution in [0.15, 0.2) is 79.0 Å². The summed E-state index contributed by atoms with van der Waals surface area (Å²) in [6, 6.07) is 23.7. The molecule has 0 bridgehead atoms. The molecule has 0 spiro atoms. The molecule has 2 aromatic carbocycles. The van der Waals surface area contributed by atoms with Gasteiger partial charge in [0.05, 0.1) is 18.8 Å². The van der Waals surface area contributed by atoms with Crippen molar-refractivity contribution in [2.75, 3.05) is 31.0 Å². The van der Waals surface area contributed by atoms with Gasteiger partial charge in [-0.05, 0) is 98.4 Å². The fourth-order valence-electron chi connectivity index (χ4n) is 5.06. The van der Waals surface area contributed by atoms with Gasteiger partial charge in [0.1, 0.15) is 18.4 Å². The summed E-state index contributed by atoms with van der Waals surface area (Å²) >= 11 is 5.93. The molecule has 0 unspecified atom stereocenters. The van der Waals surface area contributed by atoms with Gasteiger partial charge in [-0.15, -0.1) is 0 Å². The molecule has 3 heterocycles. The first-order valence-corrected chi connectivity index (χ1v) is 13.0. The number of pyridine rings is 1. The molecule has 2 N–H and O–H groups in total. The lowest BCUT2D eigenvalue weighted by molar-refractivity contribution is -0.119. The maximum Gasteiger partial charge on any atom is 0.250 e. The number of aromatic nitrogens is 2. The van der Waals surface area contributed by atoms with Gasteiger partial charge >= 0.3 is 0 Å². The van der Waals surface area contributed by atoms with Crippen molar-refractivity contribution in [1.29, 1.82) is 0 Å². The molecule has 0 saturated carbocycles. The number of ether oxygens (including phenoxy) is 2. The second kappa shape index (κ2) is 11.3. The predicted octanol–water partition coefficient (Wildman–Crippen LogP) is 5.26. The average molecular weight is 542 g/mol. The van der Waals surface area contributed by atoms with Crippen molar-refractivity contribution in [3.8, 4) is 11.4 Å². The Kier molecular flexibility index (Phi) is 7.63. The fourth-order valence-corrected chi connectivity index (χ4v) is 5.41. The molecule has 9 heteroatoms. The fraction of sp³-hybridized carbons (Fsp3) is 0.233. The standard InChI is InChI=1S/C30H31N5O3S/c1-19-17-22(11-14-24(19)32-27(36)18-37-3)35-29(28(33-30(35)39)25-7-5-6-16-31-25)26-15-8-20(2)34(26)21-9-12-23(38-4)13-10-21/h5-17,28-29H,18H2,1-4H3,(H,32,36)(H,33,39)/t28-,29-/m0/s1. The second-order valence-electron chi connectivity index (χ2n) is 9.41. The molecule has 0 aliphatic carbocycles. The molecule has 200 valence electrons. The van der Waals surface area contributed by atoms with Crippen LogP contribution in [0, 0.1) is 13.8 Å². The predicted molar refractivity (Wildman–Crippen MR) is 157 cm³/mol. The lowest BCUT2D eigenvalue weighted by Gasteiger charge is -2.30. The van der Waals surface area contributed by atoms with Crippen LogP contribution in [0.5, 0.6) is 5.75 Å². The molecular formula is C30H31N5O3S. The van der Waals surface area contributed by atoms with Crippen LogP contribution >= 0.6 is 12.2 Å². The molecule has 0 radical (unpaired) electrons. The summed E-state index contributed by atoms with van der Waals surface area (Å²) < 4.78 is 12.6. The number of benzene rings is 2. The van der Waals surface area contributed by atoms with E-state index in [2.05, 4.69) is 56.3 Å². The molecule has 1 amide bonds. The summed E-state index contributed by atoms with van der Waals surface area (Å²) in [5.41, 5.74) is 6.65. The molecule has 5 rings (SSSR count). The van der Waals surface area contributed by atoms with Crippen molar-refractivity contribution in [3.63, 3.8) is 0 Å². The number of carbonyl (C=O) groups is 1. The van der Waals surface area contributed by atoms with E-state index in [-0.39, 0.29) is 24.6 Å². The van der Waals surface area contributed by atoms with Gasteiger partial charge in [-0.1, -0.05) is 6.07 Å². The summed E-state index contributed by atoms with van der Waals surface area (Å²) in [6.07, 6.45) is 1.80. The number of methoxy groups -OCH3 is 2. The summed E-state index contributed by atoms with van der Waals surface area (Å²) in [5.74, 6) is 0.600. The van der Waals surface area contributed by atoms with Crippen molar-refractivity contribution in [2.45, 2.75) is 25.9 Å². The SMILES string of the molecule is COCC(=O)Nc1ccc(N2C(=S)N[C@@H](c3ccccn3)[C@@H]2c2ccc(C)n2-c2ccc(OC)cc2)cc1C. The van der Waals surface area contributed by atoms with E-state index in [1.54, 1.807) is 13.3 Å². The number of rotatable bonds is 8. The Balaban J connectivity index is 1.61. The first-order valence-electron chi connectivity index (χ1n) is 12.6. The molecule has 1 saturated heterocycles. The van der Waals surface area contributed by atoms with Crippen molar-refractivity contribution >= 4 is 34.6 Å². The number of thiocarbonyl (C=S) groups is 1. The van der Waals surface area contributed by atoms with E-state index >= 15 is 0 Å². The number of anilines is 2. The Bertz CT molecular complexity index is 1490. The number of hydrogen-bond acceptors (Lipinski definition) is 5. The van der Waals surface area contributed by atoms with Crippen LogP contribution in [0.4, 0.5) is 11.4 Å². The van der Waals surface area contributed by atoms with Crippen LogP contribution in [0.3, 0.4) is 0 Å². The third-order valence-electron chi connectivity index (χ3n) is 6.88. The first-order chi connectivity index (χ1) is 18.9. The number of nitrogens with one attached hydrogen (secondary N) is 2. The maximum absolute atomic E-state index is 12.1. The molecule has 4 aromatic rings. The number of carbonyl (C=O) groups excluding carboxylic acids is 1. The number of hydrogen-bond donors (Lipinski definition) is 2. The van der Waals surface area contributed by atoms with E-state index in [0.717, 1.165) is 45.5 Å². The van der Waals surface area contributed by atoms with Gasteiger partial charge in [-0.25, -0.2) is 0 Å². The highest BCUT2D eigenvalue weighted by Crippen LogP contribution is 2.43. The highest BCUT2D eigenvalue weighted by atomic mass is 32.1. The van der Waals surface area contributed by atoms with Gasteiger partial charge in [0.2, 0.25) is 5.91 Å². The zero-order valence-electron chi connectivity index (χ0n) is 22.3. The third kappa shape index (κ3) is 5.23. The largest absolute Gasteiger partial charge is 0.497 e. The number of aryl methyl sites for hydroxylation is 2. The lowest BCUT2D eigenvalue weighted by atomic mass is 10.00. The topological polar surface area (TPSA) is 80.7 Å². The van der Waals surface area contributed by atoms with Crippen LogP contribution < -0.4 is 20.3 Å². The van der Waals surface area contributed by atoms with Crippen molar-refractivity contribution in [3.05, 3.63) is 102 Å². The molecule has 2 aromatic heterocycles. The third-order valence-corrected chi connectivity index (χ3v) is 7.19. The smallest absolute Gasteiger partial charge is 0.250 e. The van der Waals surface area contributed by atoms with Gasteiger partial charge in [0.25, 0.3) is 0 Å². The van der Waals surface area contributed by atoms with Crippen LogP contribution in [-0.4, -0.2) is 41.4 Å². The molecule has 8 nitrogen and oxygen atoms in total. The quantitative estimate of drug-likeness (QED) is 0.295. The van der Waals surface area contributed by atoms with E-state index in [4.69, 9.17) is 21.7 Å². The molecule has 1 aliphatic rings. The maximum atomic E-state index is 12.1. The summed E-state index contributed by atoms with van der Waals surface area (Å²) in [7, 11) is 3.16. The minimum Gasteiger partial charge on any atom is -0.497 e. The van der Waals surface area contributed by atoms with Crippen molar-refractivity contribution in [1.82, 2.24) is 14.9 Å². The van der Waals surface area contributed by atoms with Crippen LogP contribution in [0.1, 0.15) is 34.7 Å². The molecule has 2 atom stereocenters. The van der Waals surface area contributed by atoms with E-state index in [1.165, 1.54) is 7.11 Å². The monoisotopic (exact) mass is 541 g/mol. The molecule has 1 aliphatic heterocycles. The minimum absolute atomic E-state index is 0.00312. The normalized spacial score (nSPS) is 16.7. The van der Waals surface area contributed by atoms with Gasteiger partial charge in [0.15, 0.2) is 5.11 Å². The average Bonchev–Trinajstić information content (AvgIpc) is 3.49. The Morgan fingerprint density at radius 2 is 1.79 bits per heavy atom. The molecule has 39 heavy (non-hydrogen) atoms. The summed E-state index contributed by atoms with van der Waals surface area (Å²) in [4.78, 5) is 18.9. The zero-order valence-corrected chi connectivity index (χ0v) is 23.2. The van der Waals surface area contributed by atoms with Crippen LogP contribution in [0.2, 0.25) is 0 Å². The highest BCUT2D eigenvalue weighted by molar-refractivity contribution is 7.80. The van der Waals surface area contributed by atoms with E-state index in [0.29, 0.717) is 5.11 Å². The van der Waals surface area contributed by atoms with Crippen LogP contribution in [0.25, 0.3) is 5.69 Å². The Morgan fingerprint density at radius 3 is 2.46 bits per heavy atom. The first kappa shape index (κ1) is 26.4. The van der Waals surface area contributed by atoms with Gasteiger partial charge in [-0.3, -0.25) is 9.78 Å². The lowest BCUT2D eigenvalue weighted by Crippen LogP contribution is -2.30. The zero-order chi connectivity index (χ0) is 27.5. The highest BCUT2D eigenvalue weighted by Gasteiger charge is 2.42. The van der Waals surface area contributed by atoms with Gasteiger partial charge in [-0.2, -0.15) is 0 Å². The van der Waals surface area contributed by atoms with E-state index < -0.39 is 0 Å². The van der Waals surface area contributed by atoms with E-state index in [1.807, 2.05) is 55.5 Å². The Morgan fingerprint density at radius 1 is 1.03 bits per heavy atom. The van der Waals surface area contributed by atoms with Gasteiger partial charge in [0, 0.05) is 41.8 Å². The van der Waals surface area contributed by atoms with Crippen LogP contribution in [-0.2, 0) is 9.53 Å².